The summed E-state index contributed by atoms with van der Waals surface area (Å²) in [4.78, 5) is 2.93. The molecular weight excluding hydrogens is 416 g/mol. The molecule has 0 N–H and O–H groups in total. The number of unbranched alkanes of at least 4 members (excludes halogenated alkanes) is 5. The quantitative estimate of drug-likeness (QED) is 0.124. The van der Waals surface area contributed by atoms with Gasteiger partial charge >= 0.3 is 0 Å². The van der Waals surface area contributed by atoms with Crippen molar-refractivity contribution in [2.75, 3.05) is 0 Å². The zero-order chi connectivity index (χ0) is 22.2. The fourth-order valence-electron chi connectivity index (χ4n) is 5.52. The third-order valence-corrected chi connectivity index (χ3v) is 8.37. The van der Waals surface area contributed by atoms with E-state index in [9.17, 15) is 0 Å². The lowest BCUT2D eigenvalue weighted by atomic mass is 9.88. The third kappa shape index (κ3) is 3.69. The average molecular weight is 447 g/mol. The molecule has 0 spiro atoms. The lowest BCUT2D eigenvalue weighted by molar-refractivity contribution is 0.609. The van der Waals surface area contributed by atoms with E-state index in [1.165, 1.54) is 103 Å². The van der Waals surface area contributed by atoms with Gasteiger partial charge in [0.25, 0.3) is 0 Å². The molecule has 0 saturated heterocycles. The van der Waals surface area contributed by atoms with E-state index in [4.69, 9.17) is 0 Å². The van der Waals surface area contributed by atoms with Gasteiger partial charge < -0.3 is 0 Å². The number of aryl methyl sites for hydroxylation is 1. The van der Waals surface area contributed by atoms with Gasteiger partial charge in [-0.05, 0) is 80.2 Å². The van der Waals surface area contributed by atoms with E-state index >= 15 is 0 Å². The second-order valence-electron chi connectivity index (χ2n) is 9.42. The van der Waals surface area contributed by atoms with Crippen molar-refractivity contribution in [3.8, 4) is 10.4 Å². The fraction of sp³-hybridized carbons (Fsp3) is 0.250. The summed E-state index contributed by atoms with van der Waals surface area (Å²) in [5, 5.41) is 10.9. The first-order chi connectivity index (χ1) is 16.3. The Bertz CT molecular complexity index is 1550. The summed E-state index contributed by atoms with van der Waals surface area (Å²) < 4.78 is 0. The van der Waals surface area contributed by atoms with Gasteiger partial charge in [-0.3, -0.25) is 0 Å². The first-order valence-electron chi connectivity index (χ1n) is 12.5. The molecule has 0 radical (unpaired) electrons. The Kier molecular flexibility index (Phi) is 5.52. The summed E-state index contributed by atoms with van der Waals surface area (Å²) in [6, 6.07) is 29.8. The monoisotopic (exact) mass is 446 g/mol. The summed E-state index contributed by atoms with van der Waals surface area (Å²) in [6.07, 6.45) is 9.36. The van der Waals surface area contributed by atoms with Crippen LogP contribution in [-0.4, -0.2) is 0 Å². The van der Waals surface area contributed by atoms with Gasteiger partial charge in [-0.2, -0.15) is 0 Å². The highest BCUT2D eigenvalue weighted by Crippen LogP contribution is 2.44. The second-order valence-corrected chi connectivity index (χ2v) is 10.6. The lowest BCUT2D eigenvalue weighted by Crippen LogP contribution is -1.88. The van der Waals surface area contributed by atoms with E-state index in [-0.39, 0.29) is 0 Å². The summed E-state index contributed by atoms with van der Waals surface area (Å²) in [5.74, 6) is 0. The Morgan fingerprint density at radius 1 is 0.576 bits per heavy atom. The molecule has 6 aromatic rings. The Morgan fingerprint density at radius 3 is 2.30 bits per heavy atom. The van der Waals surface area contributed by atoms with Crippen molar-refractivity contribution >= 4 is 54.4 Å². The highest BCUT2D eigenvalue weighted by Gasteiger charge is 2.15. The molecule has 0 aliphatic carbocycles. The Balaban J connectivity index is 1.44. The number of hydrogen-bond acceptors (Lipinski definition) is 1. The van der Waals surface area contributed by atoms with Crippen LogP contribution in [0, 0.1) is 0 Å². The highest BCUT2D eigenvalue weighted by molar-refractivity contribution is 7.15. The van der Waals surface area contributed by atoms with Gasteiger partial charge in [0.05, 0.1) is 0 Å². The molecule has 0 saturated carbocycles. The Morgan fingerprint density at radius 2 is 1.36 bits per heavy atom. The zero-order valence-electron chi connectivity index (χ0n) is 19.4. The molecule has 1 aromatic heterocycles. The van der Waals surface area contributed by atoms with Crippen molar-refractivity contribution in [3.05, 3.63) is 83.7 Å². The molecule has 6 rings (SSSR count). The van der Waals surface area contributed by atoms with Crippen LogP contribution < -0.4 is 0 Å². The van der Waals surface area contributed by atoms with Crippen LogP contribution in [-0.2, 0) is 6.42 Å². The van der Waals surface area contributed by atoms with Crippen molar-refractivity contribution in [2.45, 2.75) is 51.9 Å². The normalized spacial score (nSPS) is 12.0. The zero-order valence-corrected chi connectivity index (χ0v) is 20.2. The van der Waals surface area contributed by atoms with E-state index < -0.39 is 0 Å². The summed E-state index contributed by atoms with van der Waals surface area (Å²) in [6.45, 7) is 2.29. The van der Waals surface area contributed by atoms with Crippen molar-refractivity contribution in [3.63, 3.8) is 0 Å². The second kappa shape index (κ2) is 8.80. The van der Waals surface area contributed by atoms with Crippen LogP contribution >= 0.6 is 11.3 Å². The first kappa shape index (κ1) is 20.7. The summed E-state index contributed by atoms with van der Waals surface area (Å²) >= 11 is 1.99. The van der Waals surface area contributed by atoms with Gasteiger partial charge in [-0.15, -0.1) is 11.3 Å². The molecule has 5 aromatic carbocycles. The van der Waals surface area contributed by atoms with Crippen LogP contribution in [0.5, 0.6) is 0 Å². The van der Waals surface area contributed by atoms with Gasteiger partial charge in [-0.25, -0.2) is 0 Å². The Hall–Kier alpha value is -2.90. The van der Waals surface area contributed by atoms with Crippen LogP contribution in [0.25, 0.3) is 53.5 Å². The molecule has 1 heteroatoms. The van der Waals surface area contributed by atoms with Gasteiger partial charge in [-0.1, -0.05) is 93.6 Å². The molecule has 0 aliphatic heterocycles. The minimum absolute atomic E-state index is 1.21. The van der Waals surface area contributed by atoms with Crippen molar-refractivity contribution in [1.82, 2.24) is 0 Å². The molecule has 0 fully saturated rings. The van der Waals surface area contributed by atoms with Crippen molar-refractivity contribution in [1.29, 1.82) is 0 Å². The molecule has 33 heavy (non-hydrogen) atoms. The molecule has 164 valence electrons. The molecular formula is C32H30S. The number of rotatable bonds is 8. The smallest absolute Gasteiger partial charge is 0.0352 e. The molecule has 0 atom stereocenters. The summed E-state index contributed by atoms with van der Waals surface area (Å²) in [7, 11) is 0. The van der Waals surface area contributed by atoms with Crippen LogP contribution in [0.2, 0.25) is 0 Å². The van der Waals surface area contributed by atoms with Crippen molar-refractivity contribution < 1.29 is 0 Å². The SMILES string of the molecule is CCCCCCCCc1ccc(-c2cc3cc4ccccc4c4ccc5cccc2c5c34)s1. The highest BCUT2D eigenvalue weighted by atomic mass is 32.1. The minimum atomic E-state index is 1.21. The van der Waals surface area contributed by atoms with Crippen LogP contribution in [0.3, 0.4) is 0 Å². The lowest BCUT2D eigenvalue weighted by Gasteiger charge is -2.16. The maximum Gasteiger partial charge on any atom is 0.0352 e. The standard InChI is InChI=1S/C32H30S/c1-2-3-4-5-6-7-13-25-17-19-30(33-25)29-21-24-20-23-11-8-9-14-26(23)28-18-16-22-12-10-15-27(29)31(22)32(24)28/h8-12,14-21H,2-7,13H2,1H3. The van der Waals surface area contributed by atoms with Crippen LogP contribution in [0.15, 0.2) is 78.9 Å². The largest absolute Gasteiger partial charge is 0.140 e. The van der Waals surface area contributed by atoms with Gasteiger partial charge in [0, 0.05) is 15.3 Å². The third-order valence-electron chi connectivity index (χ3n) is 7.19. The first-order valence-corrected chi connectivity index (χ1v) is 13.3. The molecule has 0 bridgehead atoms. The fourth-order valence-corrected chi connectivity index (χ4v) is 6.60. The predicted molar refractivity (Wildman–Crippen MR) is 148 cm³/mol. The van der Waals surface area contributed by atoms with E-state index in [0.29, 0.717) is 0 Å². The molecule has 0 unspecified atom stereocenters. The molecule has 0 nitrogen and oxygen atoms in total. The van der Waals surface area contributed by atoms with E-state index in [2.05, 4.69) is 85.8 Å². The van der Waals surface area contributed by atoms with E-state index in [1.54, 1.807) is 0 Å². The summed E-state index contributed by atoms with van der Waals surface area (Å²) in [5.41, 5.74) is 1.38. The maximum absolute atomic E-state index is 2.44. The van der Waals surface area contributed by atoms with E-state index in [1.807, 2.05) is 11.3 Å². The van der Waals surface area contributed by atoms with Gasteiger partial charge in [0.1, 0.15) is 0 Å². The van der Waals surface area contributed by atoms with Crippen LogP contribution in [0.1, 0.15) is 50.3 Å². The number of benzene rings is 5. The number of hydrogen-bond donors (Lipinski definition) is 0. The maximum atomic E-state index is 2.44. The molecule has 0 amide bonds. The Labute approximate surface area is 200 Å². The van der Waals surface area contributed by atoms with Crippen molar-refractivity contribution in [2.24, 2.45) is 0 Å². The average Bonchev–Trinajstić information content (AvgIpc) is 3.33. The minimum Gasteiger partial charge on any atom is -0.140 e. The molecule has 1 heterocycles. The number of fused-ring (bicyclic) bond motifs is 2. The van der Waals surface area contributed by atoms with Crippen LogP contribution in [0.4, 0.5) is 0 Å². The van der Waals surface area contributed by atoms with E-state index in [0.717, 1.165) is 0 Å². The number of thiophene rings is 1. The molecule has 0 aliphatic rings. The topological polar surface area (TPSA) is 0 Å². The van der Waals surface area contributed by atoms with Gasteiger partial charge in [0.15, 0.2) is 0 Å². The van der Waals surface area contributed by atoms with Gasteiger partial charge in [0.2, 0.25) is 0 Å². The predicted octanol–water partition coefficient (Wildman–Crippen LogP) is 10.4.